The van der Waals surface area contributed by atoms with Crippen molar-refractivity contribution in [1.82, 2.24) is 0 Å². The molecule has 1 rings (SSSR count). The molecule has 0 spiro atoms. The Morgan fingerprint density at radius 3 is 2.27 bits per heavy atom. The molecule has 4 nitrogen and oxygen atoms in total. The molecule has 0 bridgehead atoms. The Bertz CT molecular complexity index is 516. The Morgan fingerprint density at radius 2 is 1.68 bits per heavy atom. The number of hydrogen-bond donors (Lipinski definition) is 1. The topological polar surface area (TPSA) is 67.5 Å². The van der Waals surface area contributed by atoms with Crippen molar-refractivity contribution < 1.29 is 14.3 Å². The molecular weight excluding hydrogens is 280 g/mol. The summed E-state index contributed by atoms with van der Waals surface area (Å²) < 4.78 is 5.18. The molecule has 1 aromatic rings. The van der Waals surface area contributed by atoms with Gasteiger partial charge in [-0.15, -0.1) is 0 Å². The summed E-state index contributed by atoms with van der Waals surface area (Å²) >= 11 is 0. The van der Waals surface area contributed by atoms with Crippen molar-refractivity contribution in [2.75, 3.05) is 0 Å². The molecule has 22 heavy (non-hydrogen) atoms. The van der Waals surface area contributed by atoms with Crippen LogP contribution in [0.3, 0.4) is 0 Å². The van der Waals surface area contributed by atoms with Gasteiger partial charge in [0.1, 0.15) is 17.1 Å². The van der Waals surface area contributed by atoms with E-state index in [0.717, 1.165) is 51.4 Å². The lowest BCUT2D eigenvalue weighted by atomic mass is 10.0. The minimum Gasteiger partial charge on any atom is -0.507 e. The third-order valence-corrected chi connectivity index (χ3v) is 3.79. The van der Waals surface area contributed by atoms with E-state index < -0.39 is 5.63 Å². The van der Waals surface area contributed by atoms with Crippen molar-refractivity contribution in [2.24, 2.45) is 0 Å². The third-order valence-electron chi connectivity index (χ3n) is 3.79. The van der Waals surface area contributed by atoms with Crippen LogP contribution in [0.5, 0.6) is 5.75 Å². The smallest absolute Gasteiger partial charge is 0.350 e. The molecule has 0 unspecified atom stereocenters. The summed E-state index contributed by atoms with van der Waals surface area (Å²) in [6, 6.07) is 1.42. The molecule has 0 radical (unpaired) electrons. The Kier molecular flexibility index (Phi) is 8.56. The van der Waals surface area contributed by atoms with E-state index in [9.17, 15) is 14.7 Å². The maximum absolute atomic E-state index is 12.0. The first-order valence-electron chi connectivity index (χ1n) is 8.49. The van der Waals surface area contributed by atoms with Crippen LogP contribution in [0.2, 0.25) is 0 Å². The highest BCUT2D eigenvalue weighted by Crippen LogP contribution is 2.19. The normalized spacial score (nSPS) is 10.8. The quantitative estimate of drug-likeness (QED) is 0.478. The van der Waals surface area contributed by atoms with Crippen molar-refractivity contribution in [3.8, 4) is 5.75 Å². The summed E-state index contributed by atoms with van der Waals surface area (Å²) in [5.41, 5.74) is -0.889. The van der Waals surface area contributed by atoms with E-state index in [2.05, 4.69) is 13.8 Å². The van der Waals surface area contributed by atoms with Crippen LogP contribution in [-0.2, 0) is 6.42 Å². The molecule has 0 saturated carbocycles. The standard InChI is InChI=1S/C18H28O4/c1-3-5-7-9-11-14-13-16(20)17(18(21)22-14)15(19)12-10-8-6-4-2/h13,20H,3-12H2,1-2H3. The van der Waals surface area contributed by atoms with Crippen molar-refractivity contribution in [3.63, 3.8) is 0 Å². The van der Waals surface area contributed by atoms with Gasteiger partial charge in [0.05, 0.1) is 0 Å². The number of unbranched alkanes of at least 4 members (excludes halogenated alkanes) is 6. The molecule has 0 aliphatic carbocycles. The van der Waals surface area contributed by atoms with Crippen molar-refractivity contribution in [3.05, 3.63) is 27.8 Å². The molecule has 1 N–H and O–H groups in total. The van der Waals surface area contributed by atoms with Crippen molar-refractivity contribution >= 4 is 5.78 Å². The number of aromatic hydroxyl groups is 1. The van der Waals surface area contributed by atoms with Gasteiger partial charge in [0, 0.05) is 18.9 Å². The fourth-order valence-corrected chi connectivity index (χ4v) is 2.47. The number of carbonyl (C=O) groups is 1. The first-order chi connectivity index (χ1) is 10.6. The van der Waals surface area contributed by atoms with Gasteiger partial charge in [-0.05, 0) is 12.8 Å². The van der Waals surface area contributed by atoms with E-state index >= 15 is 0 Å². The maximum atomic E-state index is 12.0. The van der Waals surface area contributed by atoms with E-state index in [0.29, 0.717) is 12.2 Å². The second-order valence-corrected chi connectivity index (χ2v) is 5.80. The monoisotopic (exact) mass is 308 g/mol. The summed E-state index contributed by atoms with van der Waals surface area (Å²) in [4.78, 5) is 24.0. The highest BCUT2D eigenvalue weighted by atomic mass is 16.4. The molecule has 4 heteroatoms. The lowest BCUT2D eigenvalue weighted by Crippen LogP contribution is -2.15. The van der Waals surface area contributed by atoms with Crippen LogP contribution in [0.4, 0.5) is 0 Å². The number of carbonyl (C=O) groups excluding carboxylic acids is 1. The van der Waals surface area contributed by atoms with Gasteiger partial charge >= 0.3 is 5.63 Å². The molecule has 124 valence electrons. The average molecular weight is 308 g/mol. The van der Waals surface area contributed by atoms with E-state index in [1.807, 2.05) is 0 Å². The first-order valence-corrected chi connectivity index (χ1v) is 8.49. The number of aryl methyl sites for hydroxylation is 1. The van der Waals surface area contributed by atoms with Crippen LogP contribution in [0.1, 0.15) is 87.8 Å². The molecule has 1 heterocycles. The number of ketones is 1. The highest BCUT2D eigenvalue weighted by Gasteiger charge is 2.18. The average Bonchev–Trinajstić information content (AvgIpc) is 2.47. The molecule has 0 aliphatic heterocycles. The van der Waals surface area contributed by atoms with E-state index in [1.54, 1.807) is 0 Å². The fraction of sp³-hybridized carbons (Fsp3) is 0.667. The van der Waals surface area contributed by atoms with Gasteiger partial charge in [-0.2, -0.15) is 0 Å². The molecule has 0 aliphatic rings. The van der Waals surface area contributed by atoms with Gasteiger partial charge in [0.2, 0.25) is 0 Å². The van der Waals surface area contributed by atoms with Crippen LogP contribution in [0.15, 0.2) is 15.3 Å². The number of hydrogen-bond acceptors (Lipinski definition) is 4. The molecular formula is C18H28O4. The van der Waals surface area contributed by atoms with Gasteiger partial charge in [0.15, 0.2) is 5.78 Å². The van der Waals surface area contributed by atoms with Crippen LogP contribution in [0.25, 0.3) is 0 Å². The summed E-state index contributed by atoms with van der Waals surface area (Å²) in [6.07, 6.45) is 9.04. The van der Waals surface area contributed by atoms with Crippen LogP contribution < -0.4 is 5.63 Å². The highest BCUT2D eigenvalue weighted by molar-refractivity contribution is 5.97. The lowest BCUT2D eigenvalue weighted by Gasteiger charge is -2.05. The summed E-state index contributed by atoms with van der Waals surface area (Å²) in [5.74, 6) is -0.0942. The molecule has 0 aromatic carbocycles. The summed E-state index contributed by atoms with van der Waals surface area (Å²) in [7, 11) is 0. The Labute approximate surface area is 132 Å². The Balaban J connectivity index is 2.65. The van der Waals surface area contributed by atoms with Crippen LogP contribution in [0, 0.1) is 0 Å². The number of Topliss-reactive ketones (excluding diaryl/α,β-unsaturated/α-hetero) is 1. The largest absolute Gasteiger partial charge is 0.507 e. The fourth-order valence-electron chi connectivity index (χ4n) is 2.47. The zero-order chi connectivity index (χ0) is 16.4. The second kappa shape index (κ2) is 10.2. The van der Waals surface area contributed by atoms with Gasteiger partial charge in [-0.1, -0.05) is 52.4 Å². The maximum Gasteiger partial charge on any atom is 0.350 e. The molecule has 0 atom stereocenters. The summed E-state index contributed by atoms with van der Waals surface area (Å²) in [6.45, 7) is 4.23. The van der Waals surface area contributed by atoms with Crippen LogP contribution in [-0.4, -0.2) is 10.9 Å². The van der Waals surface area contributed by atoms with Crippen LogP contribution >= 0.6 is 0 Å². The zero-order valence-corrected chi connectivity index (χ0v) is 13.8. The lowest BCUT2D eigenvalue weighted by molar-refractivity contribution is 0.0972. The van der Waals surface area contributed by atoms with E-state index in [-0.39, 0.29) is 23.5 Å². The van der Waals surface area contributed by atoms with Gasteiger partial charge in [-0.3, -0.25) is 4.79 Å². The van der Waals surface area contributed by atoms with Crippen molar-refractivity contribution in [2.45, 2.75) is 78.1 Å². The first kappa shape index (κ1) is 18.5. The SMILES string of the molecule is CCCCCCC(=O)c1c(O)cc(CCCCCC)oc1=O. The molecule has 0 amide bonds. The van der Waals surface area contributed by atoms with Crippen molar-refractivity contribution in [1.29, 1.82) is 0 Å². The van der Waals surface area contributed by atoms with Gasteiger partial charge in [0.25, 0.3) is 0 Å². The molecule has 1 aromatic heterocycles. The predicted molar refractivity (Wildman–Crippen MR) is 87.6 cm³/mol. The Hall–Kier alpha value is -1.58. The van der Waals surface area contributed by atoms with Gasteiger partial charge < -0.3 is 9.52 Å². The zero-order valence-electron chi connectivity index (χ0n) is 13.8. The third kappa shape index (κ3) is 6.04. The predicted octanol–water partition coefficient (Wildman–Crippen LogP) is 4.62. The second-order valence-electron chi connectivity index (χ2n) is 5.80. The van der Waals surface area contributed by atoms with Gasteiger partial charge in [-0.25, -0.2) is 4.79 Å². The molecule has 0 fully saturated rings. The van der Waals surface area contributed by atoms with E-state index in [1.165, 1.54) is 6.07 Å². The minimum absolute atomic E-state index is 0.186. The van der Waals surface area contributed by atoms with E-state index in [4.69, 9.17) is 4.42 Å². The summed E-state index contributed by atoms with van der Waals surface area (Å²) in [5, 5.41) is 9.97. The minimum atomic E-state index is -0.703. The Morgan fingerprint density at radius 1 is 1.05 bits per heavy atom. The number of rotatable bonds is 11. The molecule has 0 saturated heterocycles.